The van der Waals surface area contributed by atoms with Crippen LogP contribution in [0.2, 0.25) is 0 Å². The first-order valence-electron chi connectivity index (χ1n) is 9.38. The molecule has 156 valence electrons. The summed E-state index contributed by atoms with van der Waals surface area (Å²) in [5.74, 6) is 0.373. The topological polar surface area (TPSA) is 95.9 Å². The second kappa shape index (κ2) is 8.14. The Balaban J connectivity index is 1.73. The number of rotatable bonds is 6. The van der Waals surface area contributed by atoms with Crippen molar-refractivity contribution in [1.29, 1.82) is 0 Å². The molecule has 0 unspecified atom stereocenters. The number of carbonyl (C=O) groups is 1. The van der Waals surface area contributed by atoms with Crippen molar-refractivity contribution >= 4 is 15.9 Å². The normalized spacial score (nSPS) is 18.9. The lowest BCUT2D eigenvalue weighted by Crippen LogP contribution is -2.43. The zero-order chi connectivity index (χ0) is 21.2. The molecule has 2 aromatic carbocycles. The summed E-state index contributed by atoms with van der Waals surface area (Å²) in [5, 5.41) is 13.9. The molecule has 29 heavy (non-hydrogen) atoms. The van der Waals surface area contributed by atoms with Crippen LogP contribution in [-0.4, -0.2) is 51.5 Å². The Labute approximate surface area is 171 Å². The van der Waals surface area contributed by atoms with Crippen molar-refractivity contribution in [3.8, 4) is 5.75 Å². The van der Waals surface area contributed by atoms with Gasteiger partial charge in [-0.2, -0.15) is 0 Å². The highest BCUT2D eigenvalue weighted by atomic mass is 32.2. The summed E-state index contributed by atoms with van der Waals surface area (Å²) in [7, 11) is 0.962. The summed E-state index contributed by atoms with van der Waals surface area (Å²) in [6, 6.07) is 11.3. The van der Waals surface area contributed by atoms with Crippen molar-refractivity contribution in [2.75, 3.05) is 27.7 Å². The number of amides is 1. The third-order valence-electron chi connectivity index (χ3n) is 5.29. The van der Waals surface area contributed by atoms with E-state index in [0.29, 0.717) is 12.0 Å². The molecule has 2 N–H and O–H groups in total. The van der Waals surface area contributed by atoms with Gasteiger partial charge in [-0.15, -0.1) is 0 Å². The number of ether oxygens (including phenoxy) is 1. The van der Waals surface area contributed by atoms with E-state index in [0.717, 1.165) is 34.0 Å². The third-order valence-corrected chi connectivity index (χ3v) is 7.12. The second-order valence-electron chi connectivity index (χ2n) is 7.40. The molecule has 2 aromatic rings. The lowest BCUT2D eigenvalue weighted by atomic mass is 9.79. The van der Waals surface area contributed by atoms with Gasteiger partial charge in [-0.05, 0) is 66.8 Å². The predicted octanol–water partition coefficient (Wildman–Crippen LogP) is 1.90. The summed E-state index contributed by atoms with van der Waals surface area (Å²) < 4.78 is 30.6. The van der Waals surface area contributed by atoms with Crippen LogP contribution in [0.5, 0.6) is 5.75 Å². The van der Waals surface area contributed by atoms with Crippen LogP contribution < -0.4 is 10.1 Å². The zero-order valence-corrected chi connectivity index (χ0v) is 17.6. The van der Waals surface area contributed by atoms with E-state index in [2.05, 4.69) is 5.32 Å². The van der Waals surface area contributed by atoms with Crippen molar-refractivity contribution in [1.82, 2.24) is 9.62 Å². The molecule has 1 amide bonds. The smallest absolute Gasteiger partial charge is 0.251 e. The Hall–Kier alpha value is -2.42. The minimum Gasteiger partial charge on any atom is -0.497 e. The van der Waals surface area contributed by atoms with Crippen molar-refractivity contribution in [3.63, 3.8) is 0 Å². The SMILES string of the molecule is COc1ccc2c(c1)CCC[C@@]2(O)CNC(=O)c1ccc(S(=O)(=O)N(C)C)cc1. The molecule has 0 saturated carbocycles. The first-order valence-corrected chi connectivity index (χ1v) is 10.8. The van der Waals surface area contributed by atoms with E-state index in [1.54, 1.807) is 13.2 Å². The fraction of sp³-hybridized carbons (Fsp3) is 0.381. The number of nitrogens with one attached hydrogen (secondary N) is 1. The van der Waals surface area contributed by atoms with Gasteiger partial charge in [-0.1, -0.05) is 6.07 Å². The quantitative estimate of drug-likeness (QED) is 0.747. The molecule has 0 aliphatic heterocycles. The fourth-order valence-corrected chi connectivity index (χ4v) is 4.47. The van der Waals surface area contributed by atoms with Gasteiger partial charge < -0.3 is 15.2 Å². The van der Waals surface area contributed by atoms with Crippen LogP contribution in [0.4, 0.5) is 0 Å². The number of aliphatic hydroxyl groups is 1. The molecule has 0 spiro atoms. The molecule has 1 aliphatic carbocycles. The maximum atomic E-state index is 12.5. The fourth-order valence-electron chi connectivity index (χ4n) is 3.57. The summed E-state index contributed by atoms with van der Waals surface area (Å²) in [4.78, 5) is 12.7. The number of hydrogen-bond donors (Lipinski definition) is 2. The monoisotopic (exact) mass is 418 g/mol. The van der Waals surface area contributed by atoms with Crippen molar-refractivity contribution in [2.24, 2.45) is 0 Å². The predicted molar refractivity (Wildman–Crippen MR) is 109 cm³/mol. The Morgan fingerprint density at radius 2 is 1.90 bits per heavy atom. The highest BCUT2D eigenvalue weighted by molar-refractivity contribution is 7.89. The molecule has 0 heterocycles. The minimum absolute atomic E-state index is 0.0723. The summed E-state index contributed by atoms with van der Waals surface area (Å²) in [5.41, 5.74) is 1.00. The standard InChI is InChI=1S/C21H26N2O5S/c1-23(2)29(26,27)18-9-6-15(7-10-18)20(24)22-14-21(25)12-4-5-16-13-17(28-3)8-11-19(16)21/h6-11,13,25H,4-5,12,14H2,1-3H3,(H,22,24)/t21-/m1/s1. The van der Waals surface area contributed by atoms with E-state index in [4.69, 9.17) is 4.74 Å². The van der Waals surface area contributed by atoms with Gasteiger partial charge in [-0.3, -0.25) is 4.79 Å². The van der Waals surface area contributed by atoms with Gasteiger partial charge in [0.05, 0.1) is 18.6 Å². The average Bonchev–Trinajstić information content (AvgIpc) is 2.72. The van der Waals surface area contributed by atoms with Gasteiger partial charge >= 0.3 is 0 Å². The lowest BCUT2D eigenvalue weighted by Gasteiger charge is -2.35. The second-order valence-corrected chi connectivity index (χ2v) is 9.55. The van der Waals surface area contributed by atoms with E-state index < -0.39 is 15.6 Å². The van der Waals surface area contributed by atoms with Gasteiger partial charge in [0.2, 0.25) is 10.0 Å². The van der Waals surface area contributed by atoms with Gasteiger partial charge in [-0.25, -0.2) is 12.7 Å². The molecule has 0 aromatic heterocycles. The first-order chi connectivity index (χ1) is 13.7. The van der Waals surface area contributed by atoms with Gasteiger partial charge in [0.15, 0.2) is 0 Å². The molecule has 7 nitrogen and oxygen atoms in total. The number of methoxy groups -OCH3 is 1. The third kappa shape index (κ3) is 4.29. The summed E-state index contributed by atoms with van der Waals surface area (Å²) in [6.07, 6.45) is 2.21. The molecule has 0 fully saturated rings. The van der Waals surface area contributed by atoms with Crippen LogP contribution in [0.1, 0.15) is 34.3 Å². The lowest BCUT2D eigenvalue weighted by molar-refractivity contribution is 0.0189. The Kier molecular flexibility index (Phi) is 5.97. The zero-order valence-electron chi connectivity index (χ0n) is 16.8. The van der Waals surface area contributed by atoms with Crippen LogP contribution >= 0.6 is 0 Å². The van der Waals surface area contributed by atoms with Gasteiger partial charge in [0.1, 0.15) is 11.4 Å². The first kappa shape index (κ1) is 21.3. The van der Waals surface area contributed by atoms with Crippen molar-refractivity contribution in [2.45, 2.75) is 29.8 Å². The number of sulfonamides is 1. The molecular formula is C21H26N2O5S. The molecule has 0 radical (unpaired) electrons. The highest BCUT2D eigenvalue weighted by Crippen LogP contribution is 2.36. The Morgan fingerprint density at radius 3 is 2.52 bits per heavy atom. The average molecular weight is 419 g/mol. The van der Waals surface area contributed by atoms with Gasteiger partial charge in [0.25, 0.3) is 5.91 Å². The van der Waals surface area contributed by atoms with Crippen LogP contribution in [0.15, 0.2) is 47.4 Å². The molecule has 1 atom stereocenters. The highest BCUT2D eigenvalue weighted by Gasteiger charge is 2.35. The number of carbonyl (C=O) groups excluding carboxylic acids is 1. The summed E-state index contributed by atoms with van der Waals surface area (Å²) >= 11 is 0. The molecular weight excluding hydrogens is 392 g/mol. The maximum Gasteiger partial charge on any atom is 0.251 e. The molecule has 8 heteroatoms. The van der Waals surface area contributed by atoms with Crippen LogP contribution in [-0.2, 0) is 22.0 Å². The number of hydrogen-bond acceptors (Lipinski definition) is 5. The number of benzene rings is 2. The van der Waals surface area contributed by atoms with Crippen molar-refractivity contribution in [3.05, 3.63) is 59.2 Å². The van der Waals surface area contributed by atoms with Crippen molar-refractivity contribution < 1.29 is 23.1 Å². The molecule has 0 bridgehead atoms. The van der Waals surface area contributed by atoms with E-state index in [1.807, 2.05) is 12.1 Å². The van der Waals surface area contributed by atoms with Crippen LogP contribution in [0.25, 0.3) is 0 Å². The van der Waals surface area contributed by atoms with Crippen LogP contribution in [0.3, 0.4) is 0 Å². The van der Waals surface area contributed by atoms with E-state index in [1.165, 1.54) is 38.4 Å². The molecule has 1 aliphatic rings. The minimum atomic E-state index is -3.55. The Bertz CT molecular complexity index is 1000. The number of fused-ring (bicyclic) bond motifs is 1. The molecule has 0 saturated heterocycles. The van der Waals surface area contributed by atoms with E-state index in [9.17, 15) is 18.3 Å². The summed E-state index contributed by atoms with van der Waals surface area (Å²) in [6.45, 7) is 0.0723. The van der Waals surface area contributed by atoms with E-state index in [-0.39, 0.29) is 17.3 Å². The van der Waals surface area contributed by atoms with E-state index >= 15 is 0 Å². The maximum absolute atomic E-state index is 12.5. The molecule has 3 rings (SSSR count). The largest absolute Gasteiger partial charge is 0.497 e. The number of nitrogens with zero attached hydrogens (tertiary/aromatic N) is 1. The van der Waals surface area contributed by atoms with Crippen LogP contribution in [0, 0.1) is 0 Å². The Morgan fingerprint density at radius 1 is 1.21 bits per heavy atom. The van der Waals surface area contributed by atoms with Gasteiger partial charge in [0, 0.05) is 19.7 Å². The number of aryl methyl sites for hydroxylation is 1.